The first-order chi connectivity index (χ1) is 10.6. The van der Waals surface area contributed by atoms with E-state index in [9.17, 15) is 4.79 Å². The van der Waals surface area contributed by atoms with Gasteiger partial charge in [0.25, 0.3) is 0 Å². The number of nitrogens with zero attached hydrogens (tertiary/aromatic N) is 2. The number of para-hydroxylation sites is 2. The van der Waals surface area contributed by atoms with E-state index in [1.807, 2.05) is 37.3 Å². The maximum Gasteiger partial charge on any atom is 0.335 e. The molecule has 2 aromatic carbocycles. The molecule has 0 bridgehead atoms. The summed E-state index contributed by atoms with van der Waals surface area (Å²) in [6, 6.07) is 14.5. The number of aromatic nitrogens is 2. The Bertz CT molecular complexity index is 846. The molecule has 0 aliphatic carbocycles. The van der Waals surface area contributed by atoms with Crippen LogP contribution in [0.5, 0.6) is 0 Å². The van der Waals surface area contributed by atoms with Gasteiger partial charge in [0.15, 0.2) is 0 Å². The van der Waals surface area contributed by atoms with Crippen molar-refractivity contribution in [3.63, 3.8) is 0 Å². The first-order valence-corrected chi connectivity index (χ1v) is 6.93. The van der Waals surface area contributed by atoms with Crippen LogP contribution in [0, 0.1) is 6.92 Å². The number of fused-ring (bicyclic) bond motifs is 1. The fourth-order valence-corrected chi connectivity index (χ4v) is 2.26. The van der Waals surface area contributed by atoms with E-state index in [1.165, 1.54) is 0 Å². The van der Waals surface area contributed by atoms with E-state index < -0.39 is 5.97 Å². The number of hydrogen-bond acceptors (Lipinski definition) is 4. The van der Waals surface area contributed by atoms with Gasteiger partial charge >= 0.3 is 5.97 Å². The highest BCUT2D eigenvalue weighted by Gasteiger charge is 2.06. The van der Waals surface area contributed by atoms with Gasteiger partial charge in [-0.3, -0.25) is 0 Å². The predicted molar refractivity (Wildman–Crippen MR) is 85.0 cm³/mol. The summed E-state index contributed by atoms with van der Waals surface area (Å²) in [6.07, 6.45) is 0. The van der Waals surface area contributed by atoms with Crippen molar-refractivity contribution >= 4 is 22.8 Å². The summed E-state index contributed by atoms with van der Waals surface area (Å²) in [4.78, 5) is 20.1. The van der Waals surface area contributed by atoms with Crippen LogP contribution in [0.15, 0.2) is 48.5 Å². The number of carboxylic acids is 1. The number of carbonyl (C=O) groups is 1. The highest BCUT2D eigenvalue weighted by atomic mass is 16.4. The molecule has 0 radical (unpaired) electrons. The van der Waals surface area contributed by atoms with Gasteiger partial charge in [-0.05, 0) is 36.8 Å². The molecule has 0 unspecified atom stereocenters. The lowest BCUT2D eigenvalue weighted by Gasteiger charge is -2.10. The molecule has 0 fully saturated rings. The zero-order valence-corrected chi connectivity index (χ0v) is 12.1. The van der Waals surface area contributed by atoms with Crippen LogP contribution in [0.25, 0.3) is 11.0 Å². The van der Waals surface area contributed by atoms with Crippen LogP contribution in [0.4, 0.5) is 5.82 Å². The van der Waals surface area contributed by atoms with Gasteiger partial charge in [0.2, 0.25) is 0 Å². The summed E-state index contributed by atoms with van der Waals surface area (Å²) >= 11 is 0. The Hall–Kier alpha value is -2.95. The Morgan fingerprint density at radius 1 is 1.09 bits per heavy atom. The SMILES string of the molecule is Cc1nc2ccccc2nc1NCc1cccc(C(=O)O)c1. The van der Waals surface area contributed by atoms with Gasteiger partial charge in [0.1, 0.15) is 5.82 Å². The van der Waals surface area contributed by atoms with E-state index in [2.05, 4.69) is 15.3 Å². The Kier molecular flexibility index (Phi) is 3.70. The minimum absolute atomic E-state index is 0.278. The Labute approximate surface area is 127 Å². The minimum atomic E-state index is -0.927. The zero-order chi connectivity index (χ0) is 15.5. The van der Waals surface area contributed by atoms with Gasteiger partial charge in [0, 0.05) is 6.54 Å². The fourth-order valence-electron chi connectivity index (χ4n) is 2.26. The lowest BCUT2D eigenvalue weighted by molar-refractivity contribution is 0.0697. The summed E-state index contributed by atoms with van der Waals surface area (Å²) in [5.41, 5.74) is 3.66. The number of aromatic carboxylic acids is 1. The summed E-state index contributed by atoms with van der Waals surface area (Å²) in [7, 11) is 0. The number of rotatable bonds is 4. The van der Waals surface area contributed by atoms with Crippen molar-refractivity contribution in [3.05, 3.63) is 65.4 Å². The monoisotopic (exact) mass is 293 g/mol. The summed E-state index contributed by atoms with van der Waals surface area (Å²) < 4.78 is 0. The van der Waals surface area contributed by atoms with Crippen LogP contribution in [-0.2, 0) is 6.54 Å². The third-order valence-corrected chi connectivity index (χ3v) is 3.38. The van der Waals surface area contributed by atoms with Crippen molar-refractivity contribution in [3.8, 4) is 0 Å². The molecule has 0 aliphatic heterocycles. The van der Waals surface area contributed by atoms with Crippen molar-refractivity contribution in [1.82, 2.24) is 9.97 Å². The molecule has 0 saturated carbocycles. The summed E-state index contributed by atoms with van der Waals surface area (Å²) in [5, 5.41) is 12.2. The fraction of sp³-hybridized carbons (Fsp3) is 0.118. The van der Waals surface area contributed by atoms with Crippen LogP contribution in [0.1, 0.15) is 21.6 Å². The molecular weight excluding hydrogens is 278 g/mol. The highest BCUT2D eigenvalue weighted by molar-refractivity contribution is 5.87. The second-order valence-electron chi connectivity index (χ2n) is 5.01. The van der Waals surface area contributed by atoms with Gasteiger partial charge in [-0.25, -0.2) is 14.8 Å². The second-order valence-corrected chi connectivity index (χ2v) is 5.01. The number of nitrogens with one attached hydrogen (secondary N) is 1. The number of carboxylic acid groups (broad SMARTS) is 1. The molecule has 3 rings (SSSR count). The van der Waals surface area contributed by atoms with Gasteiger partial charge in [-0.15, -0.1) is 0 Å². The Morgan fingerprint density at radius 3 is 2.55 bits per heavy atom. The van der Waals surface area contributed by atoms with E-state index >= 15 is 0 Å². The predicted octanol–water partition coefficient (Wildman–Crippen LogP) is 3.25. The lowest BCUT2D eigenvalue weighted by Crippen LogP contribution is -2.06. The van der Waals surface area contributed by atoms with Gasteiger partial charge in [-0.2, -0.15) is 0 Å². The van der Waals surface area contributed by atoms with Crippen LogP contribution in [-0.4, -0.2) is 21.0 Å². The van der Waals surface area contributed by atoms with Crippen LogP contribution in [0.3, 0.4) is 0 Å². The maximum absolute atomic E-state index is 11.0. The molecular formula is C17H15N3O2. The van der Waals surface area contributed by atoms with E-state index in [0.717, 1.165) is 22.3 Å². The third-order valence-electron chi connectivity index (χ3n) is 3.38. The van der Waals surface area contributed by atoms with Crippen LogP contribution in [0.2, 0.25) is 0 Å². The average Bonchev–Trinajstić information content (AvgIpc) is 2.53. The normalized spacial score (nSPS) is 10.6. The van der Waals surface area contributed by atoms with Crippen LogP contribution < -0.4 is 5.32 Å². The molecule has 0 aliphatic rings. The van der Waals surface area contributed by atoms with E-state index in [0.29, 0.717) is 12.4 Å². The number of hydrogen-bond donors (Lipinski definition) is 2. The summed E-state index contributed by atoms with van der Waals surface area (Å²) in [5.74, 6) is -0.219. The van der Waals surface area contributed by atoms with Crippen LogP contribution >= 0.6 is 0 Å². The lowest BCUT2D eigenvalue weighted by atomic mass is 10.1. The largest absolute Gasteiger partial charge is 0.478 e. The first-order valence-electron chi connectivity index (χ1n) is 6.93. The standard InChI is InChI=1S/C17H15N3O2/c1-11-16(20-15-8-3-2-7-14(15)19-11)18-10-12-5-4-6-13(9-12)17(21)22/h2-9H,10H2,1H3,(H,18,20)(H,21,22). The maximum atomic E-state index is 11.0. The van der Waals surface area contributed by atoms with Crippen molar-refractivity contribution < 1.29 is 9.90 Å². The van der Waals surface area contributed by atoms with Gasteiger partial charge in [0.05, 0.1) is 22.3 Å². The minimum Gasteiger partial charge on any atom is -0.478 e. The van der Waals surface area contributed by atoms with Gasteiger partial charge in [-0.1, -0.05) is 24.3 Å². The smallest absolute Gasteiger partial charge is 0.335 e. The second kappa shape index (κ2) is 5.81. The Balaban J connectivity index is 1.83. The molecule has 5 nitrogen and oxygen atoms in total. The van der Waals surface area contributed by atoms with Crippen molar-refractivity contribution in [2.24, 2.45) is 0 Å². The number of anilines is 1. The molecule has 110 valence electrons. The van der Waals surface area contributed by atoms with Gasteiger partial charge < -0.3 is 10.4 Å². The first kappa shape index (κ1) is 14.0. The van der Waals surface area contributed by atoms with E-state index in [-0.39, 0.29) is 5.56 Å². The molecule has 0 spiro atoms. The van der Waals surface area contributed by atoms with E-state index in [4.69, 9.17) is 5.11 Å². The summed E-state index contributed by atoms with van der Waals surface area (Å²) in [6.45, 7) is 2.39. The van der Waals surface area contributed by atoms with Crippen molar-refractivity contribution in [2.75, 3.05) is 5.32 Å². The van der Waals surface area contributed by atoms with Crippen molar-refractivity contribution in [1.29, 1.82) is 0 Å². The highest BCUT2D eigenvalue weighted by Crippen LogP contribution is 2.17. The zero-order valence-electron chi connectivity index (χ0n) is 12.1. The molecule has 0 amide bonds. The molecule has 0 saturated heterocycles. The quantitative estimate of drug-likeness (QED) is 0.772. The van der Waals surface area contributed by atoms with Crippen molar-refractivity contribution in [2.45, 2.75) is 13.5 Å². The Morgan fingerprint density at radius 2 is 1.82 bits per heavy atom. The molecule has 2 N–H and O–H groups in total. The molecule has 5 heteroatoms. The van der Waals surface area contributed by atoms with E-state index in [1.54, 1.807) is 18.2 Å². The topological polar surface area (TPSA) is 75.1 Å². The molecule has 22 heavy (non-hydrogen) atoms. The molecule has 1 aromatic heterocycles. The number of benzene rings is 2. The number of aryl methyl sites for hydroxylation is 1. The average molecular weight is 293 g/mol. The molecule has 1 heterocycles. The molecule has 0 atom stereocenters. The molecule has 3 aromatic rings. The third kappa shape index (κ3) is 2.88.